The van der Waals surface area contributed by atoms with Crippen molar-refractivity contribution in [3.63, 3.8) is 0 Å². The van der Waals surface area contributed by atoms with E-state index in [-0.39, 0.29) is 5.54 Å². The molecule has 3 heteroatoms. The number of benzene rings is 1. The zero-order valence-corrected chi connectivity index (χ0v) is 13.2. The number of rotatable bonds is 2. The smallest absolute Gasteiger partial charge is 0.125 e. The first-order chi connectivity index (χ1) is 9.47. The molecule has 0 bridgehead atoms. The molecule has 110 valence electrons. The van der Waals surface area contributed by atoms with Crippen LogP contribution in [-0.4, -0.2) is 12.1 Å². The average molecular weight is 294 g/mol. The van der Waals surface area contributed by atoms with Gasteiger partial charge in [-0.25, -0.2) is 0 Å². The van der Waals surface area contributed by atoms with Crippen molar-refractivity contribution in [2.75, 3.05) is 6.61 Å². The van der Waals surface area contributed by atoms with Gasteiger partial charge in [-0.1, -0.05) is 25.4 Å². The van der Waals surface area contributed by atoms with Crippen molar-refractivity contribution in [2.45, 2.75) is 51.5 Å². The maximum absolute atomic E-state index is 6.69. The summed E-state index contributed by atoms with van der Waals surface area (Å²) in [6.45, 7) is 5.43. The second-order valence-corrected chi connectivity index (χ2v) is 7.32. The van der Waals surface area contributed by atoms with Gasteiger partial charge in [0.1, 0.15) is 5.75 Å². The molecule has 20 heavy (non-hydrogen) atoms. The van der Waals surface area contributed by atoms with Gasteiger partial charge in [0, 0.05) is 17.0 Å². The van der Waals surface area contributed by atoms with E-state index < -0.39 is 0 Å². The summed E-state index contributed by atoms with van der Waals surface area (Å²) < 4.78 is 5.80. The lowest BCUT2D eigenvalue weighted by molar-refractivity contribution is 0.175. The van der Waals surface area contributed by atoms with E-state index in [9.17, 15) is 0 Å². The van der Waals surface area contributed by atoms with Crippen LogP contribution in [0.2, 0.25) is 5.02 Å². The fourth-order valence-electron chi connectivity index (χ4n) is 3.76. The average Bonchev–Trinajstić information content (AvgIpc) is 2.82. The predicted molar refractivity (Wildman–Crippen MR) is 83.5 cm³/mol. The van der Waals surface area contributed by atoms with Crippen LogP contribution in [0, 0.1) is 11.8 Å². The molecule has 3 rings (SSSR count). The molecule has 1 aromatic rings. The topological polar surface area (TPSA) is 35.2 Å². The molecule has 0 spiro atoms. The van der Waals surface area contributed by atoms with E-state index in [1.807, 2.05) is 12.1 Å². The van der Waals surface area contributed by atoms with E-state index in [1.165, 1.54) is 17.5 Å². The normalized spacial score (nSPS) is 32.8. The van der Waals surface area contributed by atoms with E-state index in [2.05, 4.69) is 13.8 Å². The first-order valence-electron chi connectivity index (χ1n) is 7.70. The van der Waals surface area contributed by atoms with Crippen molar-refractivity contribution in [3.8, 4) is 5.75 Å². The summed E-state index contributed by atoms with van der Waals surface area (Å²) in [4.78, 5) is 0. The van der Waals surface area contributed by atoms with Crippen LogP contribution < -0.4 is 10.5 Å². The molecule has 0 amide bonds. The standard InChI is InChI=1S/C17H24ClNO/c1-11-3-5-17(19,9-12(11)2)10-14-8-15(18)7-13-4-6-20-16(13)14/h7-8,11-12H,3-6,9-10,19H2,1-2H3. The van der Waals surface area contributed by atoms with Gasteiger partial charge in [-0.15, -0.1) is 0 Å². The van der Waals surface area contributed by atoms with Gasteiger partial charge in [0.25, 0.3) is 0 Å². The zero-order chi connectivity index (χ0) is 14.3. The van der Waals surface area contributed by atoms with E-state index in [4.69, 9.17) is 22.1 Å². The van der Waals surface area contributed by atoms with Crippen molar-refractivity contribution in [1.82, 2.24) is 0 Å². The highest BCUT2D eigenvalue weighted by molar-refractivity contribution is 6.30. The summed E-state index contributed by atoms with van der Waals surface area (Å²) in [6, 6.07) is 4.07. The van der Waals surface area contributed by atoms with E-state index >= 15 is 0 Å². The predicted octanol–water partition coefficient (Wildman–Crippen LogP) is 3.97. The van der Waals surface area contributed by atoms with Gasteiger partial charge in [0.15, 0.2) is 0 Å². The summed E-state index contributed by atoms with van der Waals surface area (Å²) in [6.07, 6.45) is 5.26. The van der Waals surface area contributed by atoms with E-state index in [0.717, 1.165) is 49.0 Å². The molecule has 2 aliphatic rings. The third-order valence-electron chi connectivity index (χ3n) is 5.17. The molecule has 1 heterocycles. The van der Waals surface area contributed by atoms with Crippen molar-refractivity contribution < 1.29 is 4.74 Å². The van der Waals surface area contributed by atoms with Crippen LogP contribution >= 0.6 is 11.6 Å². The second-order valence-electron chi connectivity index (χ2n) is 6.89. The molecule has 1 saturated carbocycles. The maximum atomic E-state index is 6.69. The molecule has 0 saturated heterocycles. The summed E-state index contributed by atoms with van der Waals surface area (Å²) in [5.41, 5.74) is 9.04. The van der Waals surface area contributed by atoms with Gasteiger partial charge in [0.2, 0.25) is 0 Å². The minimum Gasteiger partial charge on any atom is -0.493 e. The first-order valence-corrected chi connectivity index (χ1v) is 8.08. The highest BCUT2D eigenvalue weighted by Crippen LogP contribution is 2.40. The summed E-state index contributed by atoms with van der Waals surface area (Å²) in [7, 11) is 0. The number of halogens is 1. The Balaban J connectivity index is 1.84. The highest BCUT2D eigenvalue weighted by atomic mass is 35.5. The number of hydrogen-bond donors (Lipinski definition) is 1. The molecular weight excluding hydrogens is 270 g/mol. The van der Waals surface area contributed by atoms with Crippen molar-refractivity contribution in [2.24, 2.45) is 17.6 Å². The van der Waals surface area contributed by atoms with Crippen molar-refractivity contribution >= 4 is 11.6 Å². The Labute approximate surface area is 126 Å². The minimum atomic E-state index is -0.101. The van der Waals surface area contributed by atoms with Crippen LogP contribution in [0.25, 0.3) is 0 Å². The van der Waals surface area contributed by atoms with Gasteiger partial charge in [-0.2, -0.15) is 0 Å². The lowest BCUT2D eigenvalue weighted by Gasteiger charge is -2.40. The Bertz CT molecular complexity index is 516. The molecule has 1 aliphatic carbocycles. The highest BCUT2D eigenvalue weighted by Gasteiger charge is 2.35. The molecule has 3 unspecified atom stereocenters. The Hall–Kier alpha value is -0.730. The number of ether oxygens (including phenoxy) is 1. The summed E-state index contributed by atoms with van der Waals surface area (Å²) in [5.74, 6) is 2.53. The second kappa shape index (κ2) is 5.23. The SMILES string of the molecule is CC1CCC(N)(Cc2cc(Cl)cc3c2OCC3)CC1C. The molecule has 1 aromatic carbocycles. The van der Waals surface area contributed by atoms with Crippen LogP contribution in [0.3, 0.4) is 0 Å². The van der Waals surface area contributed by atoms with Crippen LogP contribution in [0.4, 0.5) is 0 Å². The number of hydrogen-bond acceptors (Lipinski definition) is 2. The van der Waals surface area contributed by atoms with Crippen molar-refractivity contribution in [3.05, 3.63) is 28.3 Å². The molecule has 2 nitrogen and oxygen atoms in total. The Morgan fingerprint density at radius 3 is 2.90 bits per heavy atom. The zero-order valence-electron chi connectivity index (χ0n) is 12.4. The van der Waals surface area contributed by atoms with E-state index in [1.54, 1.807) is 0 Å². The molecule has 3 atom stereocenters. The molecule has 2 N–H and O–H groups in total. The Morgan fingerprint density at radius 1 is 1.35 bits per heavy atom. The fourth-order valence-corrected chi connectivity index (χ4v) is 4.02. The summed E-state index contributed by atoms with van der Waals surface area (Å²) >= 11 is 6.25. The minimum absolute atomic E-state index is 0.101. The number of nitrogens with two attached hydrogens (primary N) is 1. The molecule has 0 radical (unpaired) electrons. The van der Waals surface area contributed by atoms with Crippen LogP contribution in [-0.2, 0) is 12.8 Å². The Kier molecular flexibility index (Phi) is 3.72. The van der Waals surface area contributed by atoms with Gasteiger partial charge in [-0.3, -0.25) is 0 Å². The lowest BCUT2D eigenvalue weighted by Crippen LogP contribution is -2.47. The van der Waals surface area contributed by atoms with Crippen LogP contribution in [0.15, 0.2) is 12.1 Å². The quantitative estimate of drug-likeness (QED) is 0.895. The van der Waals surface area contributed by atoms with Crippen LogP contribution in [0.1, 0.15) is 44.2 Å². The summed E-state index contributed by atoms with van der Waals surface area (Å²) in [5, 5.41) is 0.810. The molecular formula is C17H24ClNO. The molecule has 0 aromatic heterocycles. The number of fused-ring (bicyclic) bond motifs is 1. The molecule has 1 aliphatic heterocycles. The van der Waals surface area contributed by atoms with E-state index in [0.29, 0.717) is 5.92 Å². The maximum Gasteiger partial charge on any atom is 0.125 e. The third kappa shape index (κ3) is 2.68. The monoisotopic (exact) mass is 293 g/mol. The van der Waals surface area contributed by atoms with Gasteiger partial charge in [-0.05, 0) is 60.8 Å². The van der Waals surface area contributed by atoms with Crippen LogP contribution in [0.5, 0.6) is 5.75 Å². The van der Waals surface area contributed by atoms with Crippen molar-refractivity contribution in [1.29, 1.82) is 0 Å². The van der Waals surface area contributed by atoms with Gasteiger partial charge in [0.05, 0.1) is 6.61 Å². The van der Waals surface area contributed by atoms with Gasteiger partial charge < -0.3 is 10.5 Å². The first kappa shape index (κ1) is 14.2. The largest absolute Gasteiger partial charge is 0.493 e. The molecule has 1 fully saturated rings. The fraction of sp³-hybridized carbons (Fsp3) is 0.647. The lowest BCUT2D eigenvalue weighted by atomic mass is 9.69. The van der Waals surface area contributed by atoms with Gasteiger partial charge >= 0.3 is 0 Å². The third-order valence-corrected chi connectivity index (χ3v) is 5.38. The Morgan fingerprint density at radius 2 is 2.15 bits per heavy atom.